The second-order valence-electron chi connectivity index (χ2n) is 4.49. The summed E-state index contributed by atoms with van der Waals surface area (Å²) in [5, 5.41) is 11.2. The van der Waals surface area contributed by atoms with E-state index < -0.39 is 0 Å². The predicted octanol–water partition coefficient (Wildman–Crippen LogP) is 3.06. The van der Waals surface area contributed by atoms with E-state index >= 15 is 0 Å². The summed E-state index contributed by atoms with van der Waals surface area (Å²) >= 11 is 0. The summed E-state index contributed by atoms with van der Waals surface area (Å²) in [7, 11) is 0. The van der Waals surface area contributed by atoms with E-state index in [1.165, 1.54) is 0 Å². The third-order valence-electron chi connectivity index (χ3n) is 3.21. The number of hydrogen-bond acceptors (Lipinski definition) is 3. The van der Waals surface area contributed by atoms with Crippen LogP contribution < -0.4 is 0 Å². The van der Waals surface area contributed by atoms with Gasteiger partial charge in [0, 0.05) is 12.4 Å². The molecule has 19 heavy (non-hydrogen) atoms. The van der Waals surface area contributed by atoms with Crippen LogP contribution in [0.3, 0.4) is 0 Å². The van der Waals surface area contributed by atoms with E-state index in [-0.39, 0.29) is 10.6 Å². The summed E-state index contributed by atoms with van der Waals surface area (Å²) in [6.45, 7) is 0. The monoisotopic (exact) mass is 255 g/mol. The zero-order valence-corrected chi connectivity index (χ0v) is 10.3. The first-order valence-corrected chi connectivity index (χ1v) is 6.25. The average Bonchev–Trinajstić information content (AvgIpc) is 2.66. The number of allylic oxidation sites excluding steroid dienone is 3. The van der Waals surface area contributed by atoms with Crippen LogP contribution in [-0.2, 0) is 0 Å². The van der Waals surface area contributed by atoms with Crippen molar-refractivity contribution in [2.45, 2.75) is 19.3 Å². The van der Waals surface area contributed by atoms with Crippen molar-refractivity contribution in [3.05, 3.63) is 64.3 Å². The van der Waals surface area contributed by atoms with E-state index in [1.54, 1.807) is 6.08 Å². The summed E-state index contributed by atoms with van der Waals surface area (Å²) in [5.41, 5.74) is 2.26. The molecule has 0 aromatic carbocycles. The van der Waals surface area contributed by atoms with E-state index in [0.29, 0.717) is 11.3 Å². The van der Waals surface area contributed by atoms with Gasteiger partial charge in [-0.15, -0.1) is 0 Å². The maximum absolute atomic E-state index is 11.2. The van der Waals surface area contributed by atoms with Gasteiger partial charge in [-0.05, 0) is 37.5 Å². The number of nitro groups is 1. The smallest absolute Gasteiger partial charge is 0.274 e. The van der Waals surface area contributed by atoms with Gasteiger partial charge < -0.3 is 4.40 Å². The molecule has 2 aromatic rings. The van der Waals surface area contributed by atoms with Crippen LogP contribution in [0.4, 0.5) is 0 Å². The van der Waals surface area contributed by atoms with Crippen LogP contribution in [-0.4, -0.2) is 14.3 Å². The van der Waals surface area contributed by atoms with Gasteiger partial charge in [-0.3, -0.25) is 10.1 Å². The quantitative estimate of drug-likeness (QED) is 0.612. The highest BCUT2D eigenvalue weighted by molar-refractivity contribution is 5.76. The van der Waals surface area contributed by atoms with E-state index in [9.17, 15) is 10.1 Å². The molecule has 2 aromatic heterocycles. The minimum Gasteiger partial charge on any atom is -0.306 e. The zero-order chi connectivity index (χ0) is 13.2. The molecule has 1 aliphatic rings. The minimum absolute atomic E-state index is 0.168. The summed E-state index contributed by atoms with van der Waals surface area (Å²) in [6, 6.07) is 5.69. The fraction of sp³-hybridized carbons (Fsp3) is 0.214. The van der Waals surface area contributed by atoms with Crippen molar-refractivity contribution in [1.82, 2.24) is 9.38 Å². The topological polar surface area (TPSA) is 60.4 Å². The van der Waals surface area contributed by atoms with Crippen molar-refractivity contribution in [3.8, 4) is 0 Å². The molecule has 0 N–H and O–H groups in total. The molecule has 0 bridgehead atoms. The minimum atomic E-state index is -0.318. The van der Waals surface area contributed by atoms with Crippen molar-refractivity contribution in [2.24, 2.45) is 0 Å². The van der Waals surface area contributed by atoms with Crippen LogP contribution in [0.2, 0.25) is 0 Å². The fourth-order valence-corrected chi connectivity index (χ4v) is 2.29. The summed E-state index contributed by atoms with van der Waals surface area (Å²) in [6.07, 6.45) is 9.86. The van der Waals surface area contributed by atoms with Gasteiger partial charge in [0.25, 0.3) is 5.70 Å². The SMILES string of the molecule is O=[N+]([O-])C1=CCCCC=C1c1cn2ccccc2n1. The first-order chi connectivity index (χ1) is 9.25. The van der Waals surface area contributed by atoms with Crippen molar-refractivity contribution >= 4 is 11.2 Å². The van der Waals surface area contributed by atoms with Crippen LogP contribution >= 0.6 is 0 Å². The first-order valence-electron chi connectivity index (χ1n) is 6.25. The molecule has 0 saturated carbocycles. The Morgan fingerprint density at radius 3 is 2.89 bits per heavy atom. The maximum atomic E-state index is 11.2. The van der Waals surface area contributed by atoms with Crippen LogP contribution in [0.15, 0.2) is 48.4 Å². The van der Waals surface area contributed by atoms with Crippen LogP contribution in [0.1, 0.15) is 25.0 Å². The molecule has 5 heteroatoms. The number of fused-ring (bicyclic) bond motifs is 1. The first kappa shape index (κ1) is 11.6. The lowest BCUT2D eigenvalue weighted by molar-refractivity contribution is -0.417. The molecule has 0 radical (unpaired) electrons. The van der Waals surface area contributed by atoms with Crippen LogP contribution in [0, 0.1) is 10.1 Å². The van der Waals surface area contributed by atoms with Crippen LogP contribution in [0.5, 0.6) is 0 Å². The molecule has 5 nitrogen and oxygen atoms in total. The molecule has 0 spiro atoms. The molecule has 96 valence electrons. The van der Waals surface area contributed by atoms with E-state index in [0.717, 1.165) is 24.9 Å². The zero-order valence-electron chi connectivity index (χ0n) is 10.3. The largest absolute Gasteiger partial charge is 0.306 e. The van der Waals surface area contributed by atoms with Gasteiger partial charge in [0.15, 0.2) is 0 Å². The molecule has 0 amide bonds. The van der Waals surface area contributed by atoms with E-state index in [4.69, 9.17) is 0 Å². The average molecular weight is 255 g/mol. The summed E-state index contributed by atoms with van der Waals surface area (Å²) < 4.78 is 1.87. The van der Waals surface area contributed by atoms with Crippen molar-refractivity contribution in [3.63, 3.8) is 0 Å². The Bertz CT molecular complexity index is 665. The molecule has 0 atom stereocenters. The number of imidazole rings is 1. The number of rotatable bonds is 2. The number of aromatic nitrogens is 2. The molecule has 3 rings (SSSR count). The highest BCUT2D eigenvalue weighted by atomic mass is 16.6. The molecule has 0 fully saturated rings. The molecular weight excluding hydrogens is 242 g/mol. The van der Waals surface area contributed by atoms with Crippen molar-refractivity contribution < 1.29 is 4.92 Å². The Labute approximate surface area is 110 Å². The lowest BCUT2D eigenvalue weighted by Gasteiger charge is -1.99. The number of nitrogens with zero attached hydrogens (tertiary/aromatic N) is 3. The van der Waals surface area contributed by atoms with Crippen molar-refractivity contribution in [1.29, 1.82) is 0 Å². The van der Waals surface area contributed by atoms with Gasteiger partial charge in [-0.1, -0.05) is 12.1 Å². The molecule has 0 aliphatic heterocycles. The Morgan fingerprint density at radius 1 is 1.26 bits per heavy atom. The van der Waals surface area contributed by atoms with E-state index in [1.807, 2.05) is 41.1 Å². The highest BCUT2D eigenvalue weighted by Crippen LogP contribution is 2.27. The lowest BCUT2D eigenvalue weighted by atomic mass is 10.1. The predicted molar refractivity (Wildman–Crippen MR) is 72.1 cm³/mol. The lowest BCUT2D eigenvalue weighted by Crippen LogP contribution is -2.01. The molecule has 2 heterocycles. The Morgan fingerprint density at radius 2 is 2.11 bits per heavy atom. The molecule has 0 unspecified atom stereocenters. The Hall–Kier alpha value is -2.43. The van der Waals surface area contributed by atoms with Gasteiger partial charge in [0.1, 0.15) is 5.65 Å². The Balaban J connectivity index is 2.12. The van der Waals surface area contributed by atoms with Crippen LogP contribution in [0.25, 0.3) is 11.2 Å². The maximum Gasteiger partial charge on any atom is 0.274 e. The second kappa shape index (κ2) is 4.68. The Kier molecular flexibility index (Phi) is 2.87. The van der Waals surface area contributed by atoms with Gasteiger partial charge in [-0.25, -0.2) is 4.98 Å². The molecule has 1 aliphatic carbocycles. The number of pyridine rings is 1. The third-order valence-corrected chi connectivity index (χ3v) is 3.21. The normalized spacial score (nSPS) is 15.8. The van der Waals surface area contributed by atoms with Crippen molar-refractivity contribution in [2.75, 3.05) is 0 Å². The number of hydrogen-bond donors (Lipinski definition) is 0. The van der Waals surface area contributed by atoms with Gasteiger partial charge in [0.2, 0.25) is 0 Å². The third kappa shape index (κ3) is 2.14. The van der Waals surface area contributed by atoms with Gasteiger partial charge in [-0.2, -0.15) is 0 Å². The van der Waals surface area contributed by atoms with E-state index in [2.05, 4.69) is 4.98 Å². The fourth-order valence-electron chi connectivity index (χ4n) is 2.29. The van der Waals surface area contributed by atoms with Gasteiger partial charge >= 0.3 is 0 Å². The molecular formula is C14H13N3O2. The molecule has 0 saturated heterocycles. The highest BCUT2D eigenvalue weighted by Gasteiger charge is 2.22. The van der Waals surface area contributed by atoms with Gasteiger partial charge in [0.05, 0.1) is 16.2 Å². The summed E-state index contributed by atoms with van der Waals surface area (Å²) in [5.74, 6) is 0. The summed E-state index contributed by atoms with van der Waals surface area (Å²) in [4.78, 5) is 15.3. The standard InChI is InChI=1S/C14H13N3O2/c18-17(19)13-7-3-1-2-6-11(13)12-10-16-9-5-4-8-14(16)15-12/h4-10H,1-3H2. The second-order valence-corrected chi connectivity index (χ2v) is 4.49.